The number of fused-ring (bicyclic) bond motifs is 5. The van der Waals surface area contributed by atoms with Crippen molar-refractivity contribution in [3.63, 3.8) is 0 Å². The molecule has 6 heteroatoms. The molecule has 0 bridgehead atoms. The smallest absolute Gasteiger partial charge is 0.234 e. The van der Waals surface area contributed by atoms with Gasteiger partial charge in [-0.3, -0.25) is 4.79 Å². The average molecular weight is 451 g/mol. The Hall–Kier alpha value is -2.00. The van der Waals surface area contributed by atoms with Crippen molar-refractivity contribution in [3.05, 3.63) is 18.1 Å². The molecule has 4 aliphatic carbocycles. The number of hydrogen-bond acceptors (Lipinski definition) is 5. The van der Waals surface area contributed by atoms with Crippen molar-refractivity contribution in [1.29, 1.82) is 5.26 Å². The SMILES string of the molecule is CCC[C@@]1(O)CC[C@H]2[C@H](CC[C@@H]3[C@@H]2CC[C@]2(C)[C@@H](C(=O)Nc4ccnc(C#N)n4)CC[C@@H]32)C1. The number of rotatable bonds is 4. The second kappa shape index (κ2) is 8.65. The van der Waals surface area contributed by atoms with Gasteiger partial charge >= 0.3 is 0 Å². The number of nitrogens with one attached hydrogen (secondary N) is 1. The lowest BCUT2D eigenvalue weighted by molar-refractivity contribution is -0.130. The van der Waals surface area contributed by atoms with E-state index in [4.69, 9.17) is 5.26 Å². The minimum absolute atomic E-state index is 0.00248. The van der Waals surface area contributed by atoms with Gasteiger partial charge in [0, 0.05) is 12.1 Å². The summed E-state index contributed by atoms with van der Waals surface area (Å²) >= 11 is 0. The maximum absolute atomic E-state index is 13.3. The molecule has 1 aromatic rings. The minimum atomic E-state index is -0.422. The third-order valence-electron chi connectivity index (χ3n) is 10.1. The van der Waals surface area contributed by atoms with E-state index in [0.29, 0.717) is 17.7 Å². The Morgan fingerprint density at radius 1 is 1.18 bits per heavy atom. The van der Waals surface area contributed by atoms with Crippen LogP contribution in [0.3, 0.4) is 0 Å². The first-order chi connectivity index (χ1) is 15.9. The first-order valence-corrected chi connectivity index (χ1v) is 13.1. The monoisotopic (exact) mass is 450 g/mol. The molecule has 4 aliphatic rings. The molecule has 6 nitrogen and oxygen atoms in total. The van der Waals surface area contributed by atoms with Crippen LogP contribution in [-0.4, -0.2) is 26.6 Å². The molecule has 5 rings (SSSR count). The van der Waals surface area contributed by atoms with Crippen LogP contribution in [0, 0.1) is 52.3 Å². The number of aliphatic hydroxyl groups is 1. The summed E-state index contributed by atoms with van der Waals surface area (Å²) in [6.45, 7) is 4.54. The highest BCUT2D eigenvalue weighted by molar-refractivity contribution is 5.92. The van der Waals surface area contributed by atoms with Crippen molar-refractivity contribution in [2.45, 2.75) is 90.1 Å². The number of carbonyl (C=O) groups is 1. The predicted molar refractivity (Wildman–Crippen MR) is 126 cm³/mol. The summed E-state index contributed by atoms with van der Waals surface area (Å²) in [6, 6.07) is 3.60. The van der Waals surface area contributed by atoms with Crippen molar-refractivity contribution in [2.24, 2.45) is 40.9 Å². The van der Waals surface area contributed by atoms with Gasteiger partial charge in [0.05, 0.1) is 5.60 Å². The van der Waals surface area contributed by atoms with E-state index < -0.39 is 5.60 Å². The fourth-order valence-corrected chi connectivity index (χ4v) is 8.78. The summed E-state index contributed by atoms with van der Waals surface area (Å²) in [5, 5.41) is 23.1. The number of anilines is 1. The number of amides is 1. The third kappa shape index (κ3) is 3.97. The maximum Gasteiger partial charge on any atom is 0.234 e. The summed E-state index contributed by atoms with van der Waals surface area (Å²) in [5.41, 5.74) is -0.379. The van der Waals surface area contributed by atoms with Crippen molar-refractivity contribution in [1.82, 2.24) is 9.97 Å². The predicted octanol–water partition coefficient (Wildman–Crippen LogP) is 5.09. The molecule has 2 N–H and O–H groups in total. The zero-order valence-corrected chi connectivity index (χ0v) is 20.1. The van der Waals surface area contributed by atoms with Crippen molar-refractivity contribution >= 4 is 11.7 Å². The molecule has 0 saturated heterocycles. The summed E-state index contributed by atoms with van der Waals surface area (Å²) in [5.74, 6) is 4.13. The van der Waals surface area contributed by atoms with Gasteiger partial charge in [-0.2, -0.15) is 5.26 Å². The van der Waals surface area contributed by atoms with Crippen LogP contribution in [0.1, 0.15) is 90.3 Å². The van der Waals surface area contributed by atoms with Crippen LogP contribution in [0.2, 0.25) is 0 Å². The van der Waals surface area contributed by atoms with Gasteiger partial charge in [0.25, 0.3) is 0 Å². The van der Waals surface area contributed by atoms with Gasteiger partial charge in [0.15, 0.2) is 0 Å². The molecule has 0 aliphatic heterocycles. The molecule has 4 fully saturated rings. The van der Waals surface area contributed by atoms with Gasteiger partial charge in [-0.15, -0.1) is 0 Å². The molecule has 0 radical (unpaired) electrons. The lowest BCUT2D eigenvalue weighted by Crippen LogP contribution is -2.51. The molecule has 1 heterocycles. The lowest BCUT2D eigenvalue weighted by Gasteiger charge is -2.57. The Bertz CT molecular complexity index is 944. The molecule has 0 unspecified atom stereocenters. The third-order valence-corrected chi connectivity index (χ3v) is 10.1. The zero-order chi connectivity index (χ0) is 23.2. The van der Waals surface area contributed by atoms with Crippen LogP contribution in [-0.2, 0) is 4.79 Å². The quantitative estimate of drug-likeness (QED) is 0.666. The zero-order valence-electron chi connectivity index (χ0n) is 20.1. The van der Waals surface area contributed by atoms with Gasteiger partial charge < -0.3 is 10.4 Å². The van der Waals surface area contributed by atoms with Crippen LogP contribution < -0.4 is 5.32 Å². The number of carbonyl (C=O) groups excluding carboxylic acids is 1. The number of nitrogens with zero attached hydrogens (tertiary/aromatic N) is 3. The van der Waals surface area contributed by atoms with E-state index in [1.165, 1.54) is 31.9 Å². The molecule has 1 amide bonds. The second-order valence-corrected chi connectivity index (χ2v) is 11.7. The number of hydrogen-bond donors (Lipinski definition) is 2. The van der Waals surface area contributed by atoms with Gasteiger partial charge in [0.2, 0.25) is 11.7 Å². The molecule has 8 atom stereocenters. The fraction of sp³-hybridized carbons (Fsp3) is 0.778. The molecule has 0 aromatic carbocycles. The van der Waals surface area contributed by atoms with Crippen molar-refractivity contribution in [3.8, 4) is 6.07 Å². The summed E-state index contributed by atoms with van der Waals surface area (Å²) in [6.07, 6.45) is 13.6. The highest BCUT2D eigenvalue weighted by Gasteiger charge is 2.59. The largest absolute Gasteiger partial charge is 0.390 e. The van der Waals surface area contributed by atoms with Crippen molar-refractivity contribution < 1.29 is 9.90 Å². The molecule has 0 spiro atoms. The van der Waals surface area contributed by atoms with E-state index in [1.54, 1.807) is 6.07 Å². The Morgan fingerprint density at radius 2 is 2.00 bits per heavy atom. The normalized spacial score (nSPS) is 41.9. The standard InChI is InChI=1S/C27H38N4O2/c1-3-11-27(33)13-9-18-17(15-27)4-5-20-19(18)8-12-26(2)21(20)6-7-22(26)25(32)31-23-10-14-29-24(16-28)30-23/h10,14,17-22,33H,3-9,11-13,15H2,1-2H3,(H,29,30,31,32)/t17-,18+,19-,20-,21+,22-,26+,27-/m1/s1. The topological polar surface area (TPSA) is 98.9 Å². The number of nitriles is 1. The highest BCUT2D eigenvalue weighted by atomic mass is 16.3. The minimum Gasteiger partial charge on any atom is -0.390 e. The van der Waals surface area contributed by atoms with E-state index in [0.717, 1.165) is 62.7 Å². The fourth-order valence-electron chi connectivity index (χ4n) is 8.78. The van der Waals surface area contributed by atoms with E-state index >= 15 is 0 Å². The molecule has 1 aromatic heterocycles. The Morgan fingerprint density at radius 3 is 2.79 bits per heavy atom. The Kier molecular flexibility index (Phi) is 5.97. The lowest BCUT2D eigenvalue weighted by atomic mass is 9.49. The number of aromatic nitrogens is 2. The van der Waals surface area contributed by atoms with Crippen LogP contribution in [0.15, 0.2) is 12.3 Å². The van der Waals surface area contributed by atoms with Gasteiger partial charge in [-0.05, 0) is 105 Å². The summed E-state index contributed by atoms with van der Waals surface area (Å²) < 4.78 is 0. The van der Waals surface area contributed by atoms with Crippen LogP contribution >= 0.6 is 0 Å². The maximum atomic E-state index is 13.3. The van der Waals surface area contributed by atoms with Gasteiger partial charge in [0.1, 0.15) is 11.9 Å². The molecule has 33 heavy (non-hydrogen) atoms. The molecule has 4 saturated carbocycles. The highest BCUT2D eigenvalue weighted by Crippen LogP contribution is 2.64. The van der Waals surface area contributed by atoms with E-state index in [1.807, 2.05) is 6.07 Å². The van der Waals surface area contributed by atoms with E-state index in [9.17, 15) is 9.90 Å². The van der Waals surface area contributed by atoms with E-state index in [-0.39, 0.29) is 23.1 Å². The first-order valence-electron chi connectivity index (χ1n) is 13.1. The Labute approximate surface area is 197 Å². The van der Waals surface area contributed by atoms with Gasteiger partial charge in [-0.1, -0.05) is 20.3 Å². The molecular weight excluding hydrogens is 412 g/mol. The summed E-state index contributed by atoms with van der Waals surface area (Å²) in [7, 11) is 0. The summed E-state index contributed by atoms with van der Waals surface area (Å²) in [4.78, 5) is 21.4. The molecule has 178 valence electrons. The Balaban J connectivity index is 1.28. The second-order valence-electron chi connectivity index (χ2n) is 11.7. The van der Waals surface area contributed by atoms with Gasteiger partial charge in [-0.25, -0.2) is 9.97 Å². The van der Waals surface area contributed by atoms with Crippen LogP contribution in [0.25, 0.3) is 0 Å². The first kappa shape index (κ1) is 22.8. The van der Waals surface area contributed by atoms with Crippen molar-refractivity contribution in [2.75, 3.05) is 5.32 Å². The van der Waals surface area contributed by atoms with Crippen LogP contribution in [0.4, 0.5) is 5.82 Å². The van der Waals surface area contributed by atoms with Crippen LogP contribution in [0.5, 0.6) is 0 Å². The van der Waals surface area contributed by atoms with E-state index in [2.05, 4.69) is 29.1 Å². The molecular formula is C27H38N4O2. The average Bonchev–Trinajstić information content (AvgIpc) is 3.16.